The molecule has 2 rings (SSSR count). The smallest absolute Gasteiger partial charge is 0.236 e. The summed E-state index contributed by atoms with van der Waals surface area (Å²) < 4.78 is 26.8. The molecule has 0 aliphatic carbocycles. The summed E-state index contributed by atoms with van der Waals surface area (Å²) in [5.74, 6) is -0.279. The van der Waals surface area contributed by atoms with Crippen LogP contribution in [-0.2, 0) is 15.8 Å². The van der Waals surface area contributed by atoms with Crippen LogP contribution in [0, 0.1) is 18.3 Å². The van der Waals surface area contributed by atoms with E-state index in [0.29, 0.717) is 22.4 Å². The molecule has 0 heterocycles. The fourth-order valence-corrected chi connectivity index (χ4v) is 3.19. The van der Waals surface area contributed by atoms with Crippen molar-refractivity contribution in [2.75, 3.05) is 4.72 Å². The summed E-state index contributed by atoms with van der Waals surface area (Å²) in [5, 5.41) is 18.6. The number of nitriles is 1. The molecule has 108 valence electrons. The van der Waals surface area contributed by atoms with Gasteiger partial charge in [0.15, 0.2) is 0 Å². The van der Waals surface area contributed by atoms with Crippen LogP contribution < -0.4 is 4.72 Å². The second-order valence-electron chi connectivity index (χ2n) is 4.58. The molecule has 0 unspecified atom stereocenters. The number of hydrogen-bond donors (Lipinski definition) is 2. The molecule has 5 nitrogen and oxygen atoms in total. The van der Waals surface area contributed by atoms with Crippen molar-refractivity contribution >= 4 is 15.7 Å². The highest BCUT2D eigenvalue weighted by Gasteiger charge is 2.16. The highest BCUT2D eigenvalue weighted by molar-refractivity contribution is 7.91. The predicted octanol–water partition coefficient (Wildman–Crippen LogP) is 2.51. The molecule has 2 N–H and O–H groups in total. The van der Waals surface area contributed by atoms with Crippen molar-refractivity contribution < 1.29 is 13.5 Å². The zero-order valence-corrected chi connectivity index (χ0v) is 12.2. The third-order valence-electron chi connectivity index (χ3n) is 3.05. The standard InChI is InChI=1S/C15H14N2O3S/c1-11-14(7-4-8-15(11)18)17-21(19,20)10-13-6-3-2-5-12(13)9-16/h2-8,17-18H,10H2,1H3. The van der Waals surface area contributed by atoms with E-state index in [2.05, 4.69) is 4.72 Å². The van der Waals surface area contributed by atoms with Gasteiger partial charge in [-0.15, -0.1) is 0 Å². The molecular formula is C15H14N2O3S. The lowest BCUT2D eigenvalue weighted by Crippen LogP contribution is -2.16. The number of nitrogens with one attached hydrogen (secondary N) is 1. The van der Waals surface area contributed by atoms with Crippen molar-refractivity contribution in [2.45, 2.75) is 12.7 Å². The second-order valence-corrected chi connectivity index (χ2v) is 6.30. The Morgan fingerprint density at radius 2 is 1.90 bits per heavy atom. The fourth-order valence-electron chi connectivity index (χ4n) is 1.90. The zero-order chi connectivity index (χ0) is 15.5. The first-order valence-corrected chi connectivity index (χ1v) is 7.85. The lowest BCUT2D eigenvalue weighted by Gasteiger charge is -2.12. The van der Waals surface area contributed by atoms with Gasteiger partial charge in [-0.2, -0.15) is 5.26 Å². The summed E-state index contributed by atoms with van der Waals surface area (Å²) in [7, 11) is -3.67. The summed E-state index contributed by atoms with van der Waals surface area (Å²) in [6.45, 7) is 1.62. The summed E-state index contributed by atoms with van der Waals surface area (Å²) in [5.41, 5.74) is 1.54. The van der Waals surface area contributed by atoms with Gasteiger partial charge in [0.05, 0.1) is 23.1 Å². The van der Waals surface area contributed by atoms with Crippen molar-refractivity contribution in [2.24, 2.45) is 0 Å². The first kappa shape index (κ1) is 14.9. The Balaban J connectivity index is 2.28. The number of nitrogens with zero attached hydrogens (tertiary/aromatic N) is 1. The molecule has 21 heavy (non-hydrogen) atoms. The van der Waals surface area contributed by atoms with Gasteiger partial charge in [0.1, 0.15) is 5.75 Å². The van der Waals surface area contributed by atoms with Crippen LogP contribution in [0.25, 0.3) is 0 Å². The van der Waals surface area contributed by atoms with Crippen LogP contribution in [-0.4, -0.2) is 13.5 Å². The van der Waals surface area contributed by atoms with Crippen LogP contribution in [0.1, 0.15) is 16.7 Å². The van der Waals surface area contributed by atoms with Crippen molar-refractivity contribution in [3.05, 3.63) is 59.2 Å². The van der Waals surface area contributed by atoms with Gasteiger partial charge < -0.3 is 5.11 Å². The van der Waals surface area contributed by atoms with Gasteiger partial charge in [0, 0.05) is 5.56 Å². The summed E-state index contributed by atoms with van der Waals surface area (Å²) in [6, 6.07) is 13.1. The maximum atomic E-state index is 12.2. The van der Waals surface area contributed by atoms with Crippen LogP contribution in [0.15, 0.2) is 42.5 Å². The molecule has 0 saturated carbocycles. The number of benzene rings is 2. The molecule has 0 aliphatic rings. The van der Waals surface area contributed by atoms with Crippen molar-refractivity contribution in [3.63, 3.8) is 0 Å². The average Bonchev–Trinajstić information content (AvgIpc) is 2.44. The minimum absolute atomic E-state index is 0.0209. The average molecular weight is 302 g/mol. The summed E-state index contributed by atoms with van der Waals surface area (Å²) in [4.78, 5) is 0. The van der Waals surface area contributed by atoms with Gasteiger partial charge in [-0.25, -0.2) is 8.42 Å². The topological polar surface area (TPSA) is 90.2 Å². The Labute approximate surface area is 123 Å². The number of aromatic hydroxyl groups is 1. The molecule has 0 aliphatic heterocycles. The van der Waals surface area contributed by atoms with Crippen LogP contribution in [0.4, 0.5) is 5.69 Å². The number of rotatable bonds is 4. The van der Waals surface area contributed by atoms with Crippen molar-refractivity contribution in [1.82, 2.24) is 0 Å². The van der Waals surface area contributed by atoms with E-state index in [1.54, 1.807) is 43.3 Å². The zero-order valence-electron chi connectivity index (χ0n) is 11.4. The minimum atomic E-state index is -3.67. The van der Waals surface area contributed by atoms with E-state index in [9.17, 15) is 13.5 Å². The van der Waals surface area contributed by atoms with Crippen molar-refractivity contribution in [3.8, 4) is 11.8 Å². The summed E-state index contributed by atoms with van der Waals surface area (Å²) >= 11 is 0. The van der Waals surface area contributed by atoms with E-state index in [1.165, 1.54) is 6.07 Å². The normalized spacial score (nSPS) is 10.9. The molecule has 0 amide bonds. The molecule has 2 aromatic carbocycles. The Hall–Kier alpha value is -2.52. The van der Waals surface area contributed by atoms with E-state index in [1.807, 2.05) is 6.07 Å². The van der Waals surface area contributed by atoms with E-state index in [4.69, 9.17) is 5.26 Å². The molecule has 0 atom stereocenters. The first-order valence-electron chi connectivity index (χ1n) is 6.20. The second kappa shape index (κ2) is 5.85. The van der Waals surface area contributed by atoms with Gasteiger partial charge in [-0.05, 0) is 30.7 Å². The molecule has 0 aromatic heterocycles. The third-order valence-corrected chi connectivity index (χ3v) is 4.28. The molecular weight excluding hydrogens is 288 g/mol. The third kappa shape index (κ3) is 3.52. The SMILES string of the molecule is Cc1c(O)cccc1NS(=O)(=O)Cc1ccccc1C#N. The molecule has 0 spiro atoms. The highest BCUT2D eigenvalue weighted by Crippen LogP contribution is 2.25. The van der Waals surface area contributed by atoms with Crippen LogP contribution in [0.5, 0.6) is 5.75 Å². The van der Waals surface area contributed by atoms with E-state index >= 15 is 0 Å². The lowest BCUT2D eigenvalue weighted by molar-refractivity contribution is 0.471. The summed E-state index contributed by atoms with van der Waals surface area (Å²) in [6.07, 6.45) is 0. The Morgan fingerprint density at radius 1 is 1.19 bits per heavy atom. The number of sulfonamides is 1. The monoisotopic (exact) mass is 302 g/mol. The predicted molar refractivity (Wildman–Crippen MR) is 80.2 cm³/mol. The Morgan fingerprint density at radius 3 is 2.62 bits per heavy atom. The molecule has 2 aromatic rings. The van der Waals surface area contributed by atoms with Crippen LogP contribution in [0.2, 0.25) is 0 Å². The number of phenolic OH excluding ortho intramolecular Hbond substituents is 1. The largest absolute Gasteiger partial charge is 0.508 e. The fraction of sp³-hybridized carbons (Fsp3) is 0.133. The van der Waals surface area contributed by atoms with Gasteiger partial charge in [-0.1, -0.05) is 24.3 Å². The Kier molecular flexibility index (Phi) is 4.15. The maximum Gasteiger partial charge on any atom is 0.236 e. The minimum Gasteiger partial charge on any atom is -0.508 e. The van der Waals surface area contributed by atoms with Gasteiger partial charge in [-0.3, -0.25) is 4.72 Å². The van der Waals surface area contributed by atoms with E-state index in [0.717, 1.165) is 0 Å². The number of phenols is 1. The van der Waals surface area contributed by atoms with Crippen molar-refractivity contribution in [1.29, 1.82) is 5.26 Å². The first-order chi connectivity index (χ1) is 9.93. The molecule has 0 saturated heterocycles. The number of anilines is 1. The quantitative estimate of drug-likeness (QED) is 0.908. The molecule has 0 bridgehead atoms. The van der Waals surface area contributed by atoms with E-state index in [-0.39, 0.29) is 11.5 Å². The van der Waals surface area contributed by atoms with Gasteiger partial charge >= 0.3 is 0 Å². The number of hydrogen-bond acceptors (Lipinski definition) is 4. The highest BCUT2D eigenvalue weighted by atomic mass is 32.2. The van der Waals surface area contributed by atoms with Gasteiger partial charge in [0.2, 0.25) is 10.0 Å². The van der Waals surface area contributed by atoms with E-state index < -0.39 is 10.0 Å². The Bertz CT molecular complexity index is 808. The maximum absolute atomic E-state index is 12.2. The van der Waals surface area contributed by atoms with Crippen LogP contribution in [0.3, 0.4) is 0 Å². The molecule has 6 heteroatoms. The molecule has 0 radical (unpaired) electrons. The lowest BCUT2D eigenvalue weighted by atomic mass is 10.1. The van der Waals surface area contributed by atoms with Crippen LogP contribution >= 0.6 is 0 Å². The molecule has 0 fully saturated rings. The van der Waals surface area contributed by atoms with Gasteiger partial charge in [0.25, 0.3) is 0 Å².